The number of rotatable bonds is 4. The van der Waals surface area contributed by atoms with Crippen LogP contribution in [0.1, 0.15) is 10.4 Å². The van der Waals surface area contributed by atoms with Crippen molar-refractivity contribution in [2.24, 2.45) is 4.74 Å². The van der Waals surface area contributed by atoms with Crippen molar-refractivity contribution in [3.05, 3.63) is 125 Å². The van der Waals surface area contributed by atoms with Gasteiger partial charge in [0.25, 0.3) is 5.91 Å². The van der Waals surface area contributed by atoms with E-state index < -0.39 is 7.05 Å². The highest BCUT2D eigenvalue weighted by Gasteiger charge is 2.28. The zero-order valence-electron chi connectivity index (χ0n) is 15.7. The summed E-state index contributed by atoms with van der Waals surface area (Å²) < 4.78 is 5.91. The SMILES string of the molecule is O=C(N=P(c1ccccc1)(c1ccccc1)c1ccccc1)c1ccc(Br)cc1. The number of amides is 1. The fraction of sp³-hybridized carbons (Fsp3) is 0. The van der Waals surface area contributed by atoms with Gasteiger partial charge in [0, 0.05) is 25.9 Å². The molecule has 0 fully saturated rings. The van der Waals surface area contributed by atoms with Crippen molar-refractivity contribution < 1.29 is 4.79 Å². The molecular weight excluding hydrogens is 441 g/mol. The largest absolute Gasteiger partial charge is 0.276 e. The van der Waals surface area contributed by atoms with Gasteiger partial charge in [0.15, 0.2) is 0 Å². The minimum atomic E-state index is -2.52. The van der Waals surface area contributed by atoms with Crippen LogP contribution >= 0.6 is 23.0 Å². The van der Waals surface area contributed by atoms with Crippen molar-refractivity contribution in [3.63, 3.8) is 0 Å². The van der Waals surface area contributed by atoms with E-state index in [4.69, 9.17) is 4.74 Å². The van der Waals surface area contributed by atoms with Crippen LogP contribution in [-0.2, 0) is 0 Å². The molecule has 0 aliphatic heterocycles. The highest BCUT2D eigenvalue weighted by atomic mass is 79.9. The second kappa shape index (κ2) is 8.73. The van der Waals surface area contributed by atoms with Gasteiger partial charge in [0.1, 0.15) is 0 Å². The molecule has 29 heavy (non-hydrogen) atoms. The van der Waals surface area contributed by atoms with Crippen LogP contribution in [0.25, 0.3) is 0 Å². The predicted octanol–water partition coefficient (Wildman–Crippen LogP) is 5.77. The van der Waals surface area contributed by atoms with E-state index in [1.54, 1.807) is 0 Å². The highest BCUT2D eigenvalue weighted by Crippen LogP contribution is 2.46. The summed E-state index contributed by atoms with van der Waals surface area (Å²) in [5.41, 5.74) is 0.584. The van der Waals surface area contributed by atoms with Gasteiger partial charge in [-0.3, -0.25) is 4.79 Å². The maximum Gasteiger partial charge on any atom is 0.276 e. The fourth-order valence-electron chi connectivity index (χ4n) is 3.34. The van der Waals surface area contributed by atoms with Crippen molar-refractivity contribution in [2.45, 2.75) is 0 Å². The Morgan fingerprint density at radius 2 is 0.966 bits per heavy atom. The zero-order valence-corrected chi connectivity index (χ0v) is 18.1. The van der Waals surface area contributed by atoms with Gasteiger partial charge in [-0.15, -0.1) is 0 Å². The lowest BCUT2D eigenvalue weighted by molar-refractivity contribution is 0.100. The molecule has 142 valence electrons. The van der Waals surface area contributed by atoms with Crippen molar-refractivity contribution in [2.75, 3.05) is 0 Å². The molecule has 0 saturated heterocycles. The third kappa shape index (κ3) is 4.03. The second-order valence-electron chi connectivity index (χ2n) is 6.55. The van der Waals surface area contributed by atoms with Crippen molar-refractivity contribution in [1.29, 1.82) is 0 Å². The standard InChI is InChI=1S/C25H19BrNOP/c26-21-18-16-20(17-19-21)25(28)27-29(22-10-4-1-5-11-22,23-12-6-2-7-13-23)24-14-8-3-9-15-24/h1-19H. The van der Waals surface area contributed by atoms with Crippen LogP contribution < -0.4 is 15.9 Å². The van der Waals surface area contributed by atoms with Crippen LogP contribution in [-0.4, -0.2) is 5.91 Å². The quantitative estimate of drug-likeness (QED) is 0.356. The maximum atomic E-state index is 13.3. The summed E-state index contributed by atoms with van der Waals surface area (Å²) in [7, 11) is -2.52. The summed E-state index contributed by atoms with van der Waals surface area (Å²) in [6.45, 7) is 0. The first-order valence-electron chi connectivity index (χ1n) is 9.29. The molecular formula is C25H19BrNOP. The molecule has 4 heteroatoms. The van der Waals surface area contributed by atoms with Gasteiger partial charge >= 0.3 is 0 Å². The number of hydrogen-bond donors (Lipinski definition) is 0. The summed E-state index contributed by atoms with van der Waals surface area (Å²) in [6, 6.07) is 37.8. The number of halogens is 1. The van der Waals surface area contributed by atoms with E-state index in [0.717, 1.165) is 20.4 Å². The van der Waals surface area contributed by atoms with Gasteiger partial charge in [-0.05, 0) is 24.3 Å². The third-order valence-electron chi connectivity index (χ3n) is 4.72. The molecule has 0 spiro atoms. The Balaban J connectivity index is 2.05. The van der Waals surface area contributed by atoms with Gasteiger partial charge in [0.2, 0.25) is 0 Å². The van der Waals surface area contributed by atoms with Crippen LogP contribution in [0.5, 0.6) is 0 Å². The minimum Gasteiger partial charge on any atom is -0.267 e. The molecule has 4 aromatic rings. The van der Waals surface area contributed by atoms with Crippen LogP contribution in [0.15, 0.2) is 124 Å². The first kappa shape index (κ1) is 19.6. The van der Waals surface area contributed by atoms with Gasteiger partial charge in [0.05, 0.1) is 7.05 Å². The Kier molecular flexibility index (Phi) is 5.89. The van der Waals surface area contributed by atoms with E-state index in [0.29, 0.717) is 5.56 Å². The molecule has 0 saturated carbocycles. The Morgan fingerprint density at radius 3 is 1.34 bits per heavy atom. The summed E-state index contributed by atoms with van der Waals surface area (Å²) in [5.74, 6) is -0.206. The topological polar surface area (TPSA) is 29.4 Å². The van der Waals surface area contributed by atoms with Crippen LogP contribution in [0.4, 0.5) is 0 Å². The molecule has 0 bridgehead atoms. The Bertz CT molecular complexity index is 1050. The predicted molar refractivity (Wildman–Crippen MR) is 126 cm³/mol. The maximum absolute atomic E-state index is 13.3. The summed E-state index contributed by atoms with van der Waals surface area (Å²) >= 11 is 3.43. The number of carbonyl (C=O) groups is 1. The molecule has 4 rings (SSSR count). The van der Waals surface area contributed by atoms with Gasteiger partial charge in [-0.25, -0.2) is 4.74 Å². The summed E-state index contributed by atoms with van der Waals surface area (Å²) in [4.78, 5) is 13.3. The molecule has 0 N–H and O–H groups in total. The first-order valence-corrected chi connectivity index (χ1v) is 11.8. The zero-order chi connectivity index (χ0) is 20.1. The molecule has 0 aliphatic rings. The smallest absolute Gasteiger partial charge is 0.267 e. The molecule has 0 radical (unpaired) electrons. The second-order valence-corrected chi connectivity index (χ2v) is 10.5. The average Bonchev–Trinajstić information content (AvgIpc) is 2.79. The van der Waals surface area contributed by atoms with Gasteiger partial charge in [-0.2, -0.15) is 0 Å². The molecule has 0 heterocycles. The van der Waals surface area contributed by atoms with E-state index in [1.165, 1.54) is 0 Å². The van der Waals surface area contributed by atoms with Crippen LogP contribution in [0, 0.1) is 0 Å². The number of benzene rings is 4. The average molecular weight is 460 g/mol. The third-order valence-corrected chi connectivity index (χ3v) is 8.87. The molecule has 0 atom stereocenters. The van der Waals surface area contributed by atoms with Crippen molar-refractivity contribution >= 4 is 44.8 Å². The molecule has 0 aromatic heterocycles. The van der Waals surface area contributed by atoms with E-state index in [-0.39, 0.29) is 5.91 Å². The van der Waals surface area contributed by atoms with Crippen molar-refractivity contribution in [3.8, 4) is 0 Å². The molecule has 2 nitrogen and oxygen atoms in total. The van der Waals surface area contributed by atoms with Gasteiger partial charge in [-0.1, -0.05) is 107 Å². The monoisotopic (exact) mass is 459 g/mol. The summed E-state index contributed by atoms with van der Waals surface area (Å²) in [5, 5.41) is 3.17. The first-order chi connectivity index (χ1) is 14.2. The lowest BCUT2D eigenvalue weighted by atomic mass is 10.2. The molecule has 4 aromatic carbocycles. The highest BCUT2D eigenvalue weighted by molar-refractivity contribution is 9.10. The Labute approximate surface area is 179 Å². The summed E-state index contributed by atoms with van der Waals surface area (Å²) in [6.07, 6.45) is 0. The van der Waals surface area contributed by atoms with E-state index in [9.17, 15) is 4.79 Å². The van der Waals surface area contributed by atoms with E-state index in [2.05, 4.69) is 52.3 Å². The van der Waals surface area contributed by atoms with E-state index in [1.807, 2.05) is 78.9 Å². The lowest BCUT2D eigenvalue weighted by Crippen LogP contribution is -2.26. The molecule has 0 unspecified atom stereocenters. The van der Waals surface area contributed by atoms with Crippen LogP contribution in [0.3, 0.4) is 0 Å². The number of hydrogen-bond acceptors (Lipinski definition) is 1. The Hall–Kier alpha value is -2.74. The molecule has 0 aliphatic carbocycles. The molecule has 1 amide bonds. The van der Waals surface area contributed by atoms with E-state index >= 15 is 0 Å². The Morgan fingerprint density at radius 1 is 0.586 bits per heavy atom. The van der Waals surface area contributed by atoms with Gasteiger partial charge < -0.3 is 0 Å². The number of carbonyl (C=O) groups excluding carboxylic acids is 1. The minimum absolute atomic E-state index is 0.206. The number of nitrogens with zero attached hydrogens (tertiary/aromatic N) is 1. The van der Waals surface area contributed by atoms with Crippen molar-refractivity contribution in [1.82, 2.24) is 0 Å². The fourth-order valence-corrected chi connectivity index (χ4v) is 7.04. The van der Waals surface area contributed by atoms with Crippen LogP contribution in [0.2, 0.25) is 0 Å². The lowest BCUT2D eigenvalue weighted by Gasteiger charge is -2.26. The normalized spacial score (nSPS) is 11.1.